The minimum absolute atomic E-state index is 0.0520. The first-order valence-electron chi connectivity index (χ1n) is 8.48. The Bertz CT molecular complexity index is 1110. The van der Waals surface area contributed by atoms with Crippen molar-refractivity contribution in [1.29, 1.82) is 0 Å². The Kier molecular flexibility index (Phi) is 6.46. The van der Waals surface area contributed by atoms with E-state index < -0.39 is 16.0 Å². The third-order valence-corrected chi connectivity index (χ3v) is 6.38. The predicted octanol–water partition coefficient (Wildman–Crippen LogP) is 3.25. The van der Waals surface area contributed by atoms with Crippen LogP contribution in [0, 0.1) is 0 Å². The summed E-state index contributed by atoms with van der Waals surface area (Å²) in [7, 11) is -0.898. The van der Waals surface area contributed by atoms with Crippen molar-refractivity contribution in [2.75, 3.05) is 14.2 Å². The van der Waals surface area contributed by atoms with Gasteiger partial charge in [0.1, 0.15) is 0 Å². The van der Waals surface area contributed by atoms with Crippen molar-refractivity contribution in [3.8, 4) is 11.4 Å². The number of rotatable bonds is 7. The second-order valence-corrected chi connectivity index (χ2v) is 9.21. The molecule has 0 radical (unpaired) electrons. The fraction of sp³-hybridized carbons (Fsp3) is 0.211. The summed E-state index contributed by atoms with van der Waals surface area (Å²) in [4.78, 5) is 15.7. The third-order valence-electron chi connectivity index (χ3n) is 4.11. The van der Waals surface area contributed by atoms with Gasteiger partial charge in [0.25, 0.3) is 0 Å². The van der Waals surface area contributed by atoms with Crippen LogP contribution in [0.15, 0.2) is 57.5 Å². The Hall–Kier alpha value is -2.56. The topological polar surface area (TPSA) is 103 Å². The Morgan fingerprint density at radius 2 is 1.93 bits per heavy atom. The van der Waals surface area contributed by atoms with Crippen molar-refractivity contribution in [3.63, 3.8) is 0 Å². The first kappa shape index (κ1) is 21.2. The van der Waals surface area contributed by atoms with Gasteiger partial charge in [0.05, 0.1) is 25.0 Å². The maximum Gasteiger partial charge on any atom is 0.337 e. The van der Waals surface area contributed by atoms with Crippen LogP contribution in [0.5, 0.6) is 0 Å². The summed E-state index contributed by atoms with van der Waals surface area (Å²) >= 11 is 3.38. The third kappa shape index (κ3) is 5.28. The lowest BCUT2D eigenvalue weighted by Crippen LogP contribution is -2.27. The lowest BCUT2D eigenvalue weighted by atomic mass is 10.1. The van der Waals surface area contributed by atoms with Gasteiger partial charge < -0.3 is 9.26 Å². The van der Waals surface area contributed by atoms with Gasteiger partial charge in [-0.05, 0) is 29.8 Å². The molecule has 0 atom stereocenters. The highest BCUT2D eigenvalue weighted by Crippen LogP contribution is 2.21. The van der Waals surface area contributed by atoms with Gasteiger partial charge >= 0.3 is 5.97 Å². The van der Waals surface area contributed by atoms with Gasteiger partial charge in [-0.2, -0.15) is 9.29 Å². The lowest BCUT2D eigenvalue weighted by molar-refractivity contribution is 0.0600. The van der Waals surface area contributed by atoms with E-state index in [1.54, 1.807) is 12.1 Å². The van der Waals surface area contributed by atoms with Crippen LogP contribution in [0.2, 0.25) is 0 Å². The Morgan fingerprint density at radius 1 is 1.21 bits per heavy atom. The Balaban J connectivity index is 1.68. The number of sulfonamides is 1. The number of nitrogens with zero attached hydrogens (tertiary/aromatic N) is 3. The molecular formula is C19H18BrN3O5S. The van der Waals surface area contributed by atoms with Gasteiger partial charge in [0, 0.05) is 17.1 Å². The molecule has 8 nitrogen and oxygen atoms in total. The van der Waals surface area contributed by atoms with Crippen molar-refractivity contribution in [2.24, 2.45) is 0 Å². The fourth-order valence-electron chi connectivity index (χ4n) is 2.53. The fourth-order valence-corrected chi connectivity index (χ4v) is 4.07. The van der Waals surface area contributed by atoms with Crippen LogP contribution in [-0.2, 0) is 27.1 Å². The molecule has 0 saturated carbocycles. The molecule has 10 heteroatoms. The molecule has 0 aliphatic heterocycles. The smallest absolute Gasteiger partial charge is 0.337 e. The average molecular weight is 480 g/mol. The normalized spacial score (nSPS) is 11.6. The average Bonchev–Trinajstić information content (AvgIpc) is 3.16. The molecule has 0 saturated heterocycles. The molecule has 0 bridgehead atoms. The van der Waals surface area contributed by atoms with Gasteiger partial charge in [-0.1, -0.05) is 45.4 Å². The van der Waals surface area contributed by atoms with Crippen molar-refractivity contribution in [1.82, 2.24) is 14.4 Å². The summed E-state index contributed by atoms with van der Waals surface area (Å²) in [5.41, 5.74) is 1.66. The summed E-state index contributed by atoms with van der Waals surface area (Å²) < 4.78 is 37.1. The molecule has 1 aromatic heterocycles. The van der Waals surface area contributed by atoms with Gasteiger partial charge in [-0.25, -0.2) is 13.2 Å². The van der Waals surface area contributed by atoms with E-state index in [1.807, 2.05) is 24.3 Å². The number of hydrogen-bond donors (Lipinski definition) is 0. The maximum atomic E-state index is 12.6. The zero-order valence-electron chi connectivity index (χ0n) is 15.7. The highest BCUT2D eigenvalue weighted by Gasteiger charge is 2.22. The number of aromatic nitrogens is 2. The van der Waals surface area contributed by atoms with Crippen LogP contribution in [0.25, 0.3) is 11.4 Å². The van der Waals surface area contributed by atoms with Crippen LogP contribution in [-0.4, -0.2) is 43.0 Å². The van der Waals surface area contributed by atoms with E-state index >= 15 is 0 Å². The van der Waals surface area contributed by atoms with Crippen LogP contribution < -0.4 is 0 Å². The highest BCUT2D eigenvalue weighted by molar-refractivity contribution is 9.10. The van der Waals surface area contributed by atoms with Gasteiger partial charge in [0.15, 0.2) is 0 Å². The Morgan fingerprint density at radius 3 is 2.59 bits per heavy atom. The summed E-state index contributed by atoms with van der Waals surface area (Å²) in [6, 6.07) is 13.6. The van der Waals surface area contributed by atoms with Gasteiger partial charge in [0.2, 0.25) is 21.7 Å². The molecular weight excluding hydrogens is 462 g/mol. The van der Waals surface area contributed by atoms with Crippen LogP contribution in [0.3, 0.4) is 0 Å². The zero-order valence-corrected chi connectivity index (χ0v) is 18.1. The van der Waals surface area contributed by atoms with Crippen molar-refractivity contribution in [3.05, 3.63) is 70.0 Å². The molecule has 0 aliphatic rings. The largest absolute Gasteiger partial charge is 0.465 e. The summed E-state index contributed by atoms with van der Waals surface area (Å²) in [6.45, 7) is -0.0520. The zero-order chi connectivity index (χ0) is 21.0. The molecule has 29 heavy (non-hydrogen) atoms. The van der Waals surface area contributed by atoms with E-state index in [0.29, 0.717) is 17.0 Å². The molecule has 0 spiro atoms. The molecule has 3 rings (SSSR count). The molecule has 2 aromatic carbocycles. The van der Waals surface area contributed by atoms with Crippen molar-refractivity contribution in [2.45, 2.75) is 12.3 Å². The number of ether oxygens (including phenoxy) is 1. The summed E-state index contributed by atoms with van der Waals surface area (Å²) in [6.07, 6.45) is 0. The van der Waals surface area contributed by atoms with Gasteiger partial charge in [-0.3, -0.25) is 0 Å². The number of esters is 1. The first-order chi connectivity index (χ1) is 13.8. The van der Waals surface area contributed by atoms with E-state index in [9.17, 15) is 13.2 Å². The van der Waals surface area contributed by atoms with E-state index in [4.69, 9.17) is 4.52 Å². The molecule has 152 valence electrons. The van der Waals surface area contributed by atoms with E-state index in [-0.39, 0.29) is 18.2 Å². The van der Waals surface area contributed by atoms with E-state index in [1.165, 1.54) is 26.3 Å². The molecule has 1 heterocycles. The molecule has 0 N–H and O–H groups in total. The number of methoxy groups -OCH3 is 1. The Labute approximate surface area is 176 Å². The summed E-state index contributed by atoms with van der Waals surface area (Å²) in [5.74, 6) is -0.135. The summed E-state index contributed by atoms with van der Waals surface area (Å²) in [5, 5.41) is 3.91. The maximum absolute atomic E-state index is 12.6. The van der Waals surface area contributed by atoms with Crippen LogP contribution in [0.1, 0.15) is 21.8 Å². The first-order valence-corrected chi connectivity index (χ1v) is 10.9. The highest BCUT2D eigenvalue weighted by atomic mass is 79.9. The second kappa shape index (κ2) is 8.85. The molecule has 0 fully saturated rings. The van der Waals surface area contributed by atoms with Crippen molar-refractivity contribution < 1.29 is 22.5 Å². The van der Waals surface area contributed by atoms with Crippen LogP contribution >= 0.6 is 15.9 Å². The number of carbonyl (C=O) groups is 1. The molecule has 0 aliphatic carbocycles. The number of hydrogen-bond acceptors (Lipinski definition) is 7. The minimum atomic E-state index is -3.63. The standard InChI is InChI=1S/C19H18BrN3O5S/c1-23(11-17-21-18(22-28-17)15-4-3-5-16(20)10-15)29(25,26)12-13-6-8-14(9-7-13)19(24)27-2/h3-10H,11-12H2,1-2H3. The molecule has 0 unspecified atom stereocenters. The lowest BCUT2D eigenvalue weighted by Gasteiger charge is -2.15. The quantitative estimate of drug-likeness (QED) is 0.479. The minimum Gasteiger partial charge on any atom is -0.465 e. The van der Waals surface area contributed by atoms with E-state index in [2.05, 4.69) is 30.8 Å². The van der Waals surface area contributed by atoms with Crippen molar-refractivity contribution >= 4 is 31.9 Å². The number of halogens is 1. The number of carbonyl (C=O) groups excluding carboxylic acids is 1. The van der Waals surface area contributed by atoms with Crippen LogP contribution in [0.4, 0.5) is 0 Å². The SMILES string of the molecule is COC(=O)c1ccc(CS(=O)(=O)N(C)Cc2nc(-c3cccc(Br)c3)no2)cc1. The molecule has 0 amide bonds. The second-order valence-electron chi connectivity index (χ2n) is 6.22. The number of benzene rings is 2. The molecule has 3 aromatic rings. The monoisotopic (exact) mass is 479 g/mol. The predicted molar refractivity (Wildman–Crippen MR) is 109 cm³/mol. The van der Waals surface area contributed by atoms with Gasteiger partial charge in [-0.15, -0.1) is 0 Å². The van der Waals surface area contributed by atoms with E-state index in [0.717, 1.165) is 14.3 Å².